The van der Waals surface area contributed by atoms with Gasteiger partial charge in [0.15, 0.2) is 0 Å². The molecule has 2 heterocycles. The number of benzene rings is 2. The molecule has 0 radical (unpaired) electrons. The van der Waals surface area contributed by atoms with Crippen LogP contribution in [0.4, 0.5) is 11.4 Å². The Labute approximate surface area is 143 Å². The third kappa shape index (κ3) is 2.89. The molecular weight excluding hydrogens is 296 g/mol. The van der Waals surface area contributed by atoms with Crippen LogP contribution in [0.3, 0.4) is 0 Å². The number of piperidine rings is 1. The number of rotatable bonds is 2. The molecule has 2 aliphatic heterocycles. The summed E-state index contributed by atoms with van der Waals surface area (Å²) >= 11 is 0. The summed E-state index contributed by atoms with van der Waals surface area (Å²) in [6, 6.07) is 18.9. The van der Waals surface area contributed by atoms with E-state index in [1.54, 1.807) is 0 Å². The number of hydrogen-bond donors (Lipinski definition) is 2. The normalized spacial score (nSPS) is 19.3. The van der Waals surface area contributed by atoms with Gasteiger partial charge >= 0.3 is 0 Å². The average molecular weight is 320 g/mol. The van der Waals surface area contributed by atoms with E-state index in [-0.39, 0.29) is 5.54 Å². The maximum atomic E-state index is 4.99. The van der Waals surface area contributed by atoms with E-state index in [2.05, 4.69) is 71.1 Å². The molecule has 124 valence electrons. The summed E-state index contributed by atoms with van der Waals surface area (Å²) in [6.45, 7) is 2.98. The summed E-state index contributed by atoms with van der Waals surface area (Å²) in [5.41, 5.74) is 3.38. The van der Waals surface area contributed by atoms with Gasteiger partial charge in [0.05, 0.1) is 16.9 Å². The van der Waals surface area contributed by atoms with Gasteiger partial charge in [0.1, 0.15) is 5.84 Å². The number of amidine groups is 1. The van der Waals surface area contributed by atoms with Crippen molar-refractivity contribution in [2.24, 2.45) is 4.99 Å². The van der Waals surface area contributed by atoms with Crippen molar-refractivity contribution in [3.63, 3.8) is 0 Å². The molecule has 0 aromatic heterocycles. The van der Waals surface area contributed by atoms with E-state index in [1.165, 1.54) is 5.56 Å². The van der Waals surface area contributed by atoms with E-state index < -0.39 is 0 Å². The highest BCUT2D eigenvalue weighted by Gasteiger charge is 2.41. The predicted molar refractivity (Wildman–Crippen MR) is 99.9 cm³/mol. The number of para-hydroxylation sites is 2. The first-order valence-electron chi connectivity index (χ1n) is 8.68. The van der Waals surface area contributed by atoms with Crippen molar-refractivity contribution < 1.29 is 0 Å². The Morgan fingerprint density at radius 1 is 1.04 bits per heavy atom. The van der Waals surface area contributed by atoms with Gasteiger partial charge in [-0.2, -0.15) is 0 Å². The fourth-order valence-corrected chi connectivity index (χ4v) is 3.57. The molecule has 24 heavy (non-hydrogen) atoms. The largest absolute Gasteiger partial charge is 0.371 e. The lowest BCUT2D eigenvalue weighted by Gasteiger charge is -2.45. The smallest absolute Gasteiger partial charge is 0.128 e. The molecule has 0 aliphatic carbocycles. The van der Waals surface area contributed by atoms with Gasteiger partial charge in [-0.3, -0.25) is 0 Å². The van der Waals surface area contributed by atoms with Gasteiger partial charge in [0, 0.05) is 19.6 Å². The predicted octanol–water partition coefficient (Wildman–Crippen LogP) is 3.40. The lowest BCUT2D eigenvalue weighted by molar-refractivity contribution is 0.238. The van der Waals surface area contributed by atoms with Crippen molar-refractivity contribution in [3.8, 4) is 0 Å². The first-order valence-corrected chi connectivity index (χ1v) is 8.68. The maximum absolute atomic E-state index is 4.99. The number of likely N-dealkylation sites (tertiary alicyclic amines) is 1. The number of fused-ring (bicyclic) bond motifs is 1. The zero-order chi connectivity index (χ0) is 16.4. The van der Waals surface area contributed by atoms with Crippen molar-refractivity contribution in [1.29, 1.82) is 0 Å². The molecule has 2 aromatic rings. The van der Waals surface area contributed by atoms with Crippen molar-refractivity contribution in [3.05, 3.63) is 60.2 Å². The SMILES string of the molecule is CN1CCC2(CC1)Nc1ccccc1N=C2NCc1ccccc1. The summed E-state index contributed by atoms with van der Waals surface area (Å²) in [7, 11) is 2.19. The van der Waals surface area contributed by atoms with E-state index in [1.807, 2.05) is 6.07 Å². The van der Waals surface area contributed by atoms with Gasteiger partial charge in [-0.25, -0.2) is 4.99 Å². The Morgan fingerprint density at radius 3 is 2.54 bits per heavy atom. The average Bonchev–Trinajstić information content (AvgIpc) is 2.63. The van der Waals surface area contributed by atoms with Crippen LogP contribution < -0.4 is 10.6 Å². The van der Waals surface area contributed by atoms with Crippen LogP contribution >= 0.6 is 0 Å². The summed E-state index contributed by atoms with van der Waals surface area (Å²) in [6.07, 6.45) is 2.14. The molecule has 2 aromatic carbocycles. The highest BCUT2D eigenvalue weighted by Crippen LogP contribution is 2.37. The fraction of sp³-hybridized carbons (Fsp3) is 0.350. The summed E-state index contributed by atoms with van der Waals surface area (Å²) in [5.74, 6) is 1.08. The second-order valence-electron chi connectivity index (χ2n) is 6.83. The molecule has 0 saturated carbocycles. The quantitative estimate of drug-likeness (QED) is 0.891. The Hall–Kier alpha value is -2.33. The number of anilines is 1. The van der Waals surface area contributed by atoms with E-state index in [0.29, 0.717) is 0 Å². The van der Waals surface area contributed by atoms with E-state index in [9.17, 15) is 0 Å². The third-order valence-electron chi connectivity index (χ3n) is 5.11. The zero-order valence-electron chi connectivity index (χ0n) is 14.1. The lowest BCUT2D eigenvalue weighted by atomic mass is 9.84. The van der Waals surface area contributed by atoms with E-state index >= 15 is 0 Å². The molecule has 4 nitrogen and oxygen atoms in total. The van der Waals surface area contributed by atoms with Crippen LogP contribution in [0.5, 0.6) is 0 Å². The molecular formula is C20H24N4. The molecule has 0 atom stereocenters. The van der Waals surface area contributed by atoms with Crippen LogP contribution in [0.2, 0.25) is 0 Å². The van der Waals surface area contributed by atoms with Crippen LogP contribution in [0.1, 0.15) is 18.4 Å². The van der Waals surface area contributed by atoms with Crippen molar-refractivity contribution >= 4 is 17.2 Å². The lowest BCUT2D eigenvalue weighted by Crippen LogP contribution is -2.58. The minimum Gasteiger partial charge on any atom is -0.371 e. The highest BCUT2D eigenvalue weighted by molar-refractivity contribution is 6.00. The number of nitrogens with zero attached hydrogens (tertiary/aromatic N) is 2. The second kappa shape index (κ2) is 6.29. The minimum absolute atomic E-state index is 0.0738. The molecule has 2 N–H and O–H groups in total. The zero-order valence-corrected chi connectivity index (χ0v) is 14.1. The maximum Gasteiger partial charge on any atom is 0.128 e. The van der Waals surface area contributed by atoms with Crippen molar-refractivity contribution in [2.45, 2.75) is 24.9 Å². The van der Waals surface area contributed by atoms with E-state index in [4.69, 9.17) is 4.99 Å². The number of nitrogens with one attached hydrogen (secondary N) is 2. The minimum atomic E-state index is -0.0738. The molecule has 2 aliphatic rings. The van der Waals surface area contributed by atoms with Crippen LogP contribution in [0.15, 0.2) is 59.6 Å². The fourth-order valence-electron chi connectivity index (χ4n) is 3.57. The molecule has 1 spiro atoms. The summed E-state index contributed by atoms with van der Waals surface area (Å²) < 4.78 is 0. The first kappa shape index (κ1) is 15.2. The Morgan fingerprint density at radius 2 is 1.75 bits per heavy atom. The van der Waals surface area contributed by atoms with Crippen LogP contribution in [-0.4, -0.2) is 36.4 Å². The number of hydrogen-bond acceptors (Lipinski definition) is 4. The third-order valence-corrected chi connectivity index (χ3v) is 5.11. The van der Waals surface area contributed by atoms with Crippen LogP contribution in [-0.2, 0) is 6.54 Å². The van der Waals surface area contributed by atoms with Gasteiger partial charge in [0.2, 0.25) is 0 Å². The Bertz CT molecular complexity index is 730. The highest BCUT2D eigenvalue weighted by atomic mass is 15.2. The van der Waals surface area contributed by atoms with Gasteiger partial charge in [-0.05, 0) is 37.6 Å². The summed E-state index contributed by atoms with van der Waals surface area (Å²) in [4.78, 5) is 7.38. The molecule has 4 heteroatoms. The summed E-state index contributed by atoms with van der Waals surface area (Å²) in [5, 5.41) is 7.42. The van der Waals surface area contributed by atoms with Gasteiger partial charge in [0.25, 0.3) is 0 Å². The standard InChI is InChI=1S/C20H24N4/c1-24-13-11-20(12-14-24)19(21-15-16-7-3-2-4-8-16)22-17-9-5-6-10-18(17)23-20/h2-10,23H,11-15H2,1H3,(H,21,22). The molecule has 4 rings (SSSR count). The Kier molecular flexibility index (Phi) is 3.98. The van der Waals surface area contributed by atoms with Crippen LogP contribution in [0.25, 0.3) is 0 Å². The molecule has 0 unspecified atom stereocenters. The van der Waals surface area contributed by atoms with Crippen molar-refractivity contribution in [1.82, 2.24) is 10.2 Å². The molecule has 1 fully saturated rings. The van der Waals surface area contributed by atoms with Gasteiger partial charge in [-0.15, -0.1) is 0 Å². The molecule has 1 saturated heterocycles. The molecule has 0 bridgehead atoms. The van der Waals surface area contributed by atoms with E-state index in [0.717, 1.165) is 49.7 Å². The van der Waals surface area contributed by atoms with Crippen LogP contribution in [0, 0.1) is 0 Å². The second-order valence-corrected chi connectivity index (χ2v) is 6.83. The Balaban J connectivity index is 1.63. The van der Waals surface area contributed by atoms with Crippen molar-refractivity contribution in [2.75, 3.05) is 25.5 Å². The first-order chi connectivity index (χ1) is 11.8. The topological polar surface area (TPSA) is 39.7 Å². The monoisotopic (exact) mass is 320 g/mol. The van der Waals surface area contributed by atoms with Gasteiger partial charge in [-0.1, -0.05) is 42.5 Å². The molecule has 0 amide bonds. The van der Waals surface area contributed by atoms with Gasteiger partial charge < -0.3 is 15.5 Å². The number of aliphatic imine (C=N–C) groups is 1.